The van der Waals surface area contributed by atoms with Crippen LogP contribution in [0.1, 0.15) is 24.4 Å². The van der Waals surface area contributed by atoms with E-state index in [1.165, 1.54) is 0 Å². The van der Waals surface area contributed by atoms with E-state index in [1.807, 2.05) is 34.9 Å². The zero-order valence-corrected chi connectivity index (χ0v) is 9.50. The summed E-state index contributed by atoms with van der Waals surface area (Å²) in [6.07, 6.45) is 1.58. The maximum absolute atomic E-state index is 5.50. The van der Waals surface area contributed by atoms with Gasteiger partial charge in [-0.1, -0.05) is 30.3 Å². The van der Waals surface area contributed by atoms with Crippen LogP contribution in [0.5, 0.6) is 0 Å². The van der Waals surface area contributed by atoms with E-state index in [2.05, 4.69) is 17.1 Å². The van der Waals surface area contributed by atoms with E-state index in [1.54, 1.807) is 13.4 Å². The number of nitrogens with zero attached hydrogens (tertiary/aromatic N) is 3. The maximum atomic E-state index is 5.50. The van der Waals surface area contributed by atoms with Crippen molar-refractivity contribution in [3.63, 3.8) is 0 Å². The Balaban J connectivity index is 2.37. The highest BCUT2D eigenvalue weighted by Crippen LogP contribution is 2.22. The minimum Gasteiger partial charge on any atom is -0.369 e. The Kier molecular flexibility index (Phi) is 3.31. The Labute approximate surface area is 94.9 Å². The van der Waals surface area contributed by atoms with Gasteiger partial charge in [-0.05, 0) is 12.5 Å². The van der Waals surface area contributed by atoms with E-state index in [0.717, 1.165) is 17.9 Å². The van der Waals surface area contributed by atoms with Crippen molar-refractivity contribution in [3.05, 3.63) is 48.0 Å². The van der Waals surface area contributed by atoms with Crippen molar-refractivity contribution in [3.8, 4) is 0 Å². The minimum absolute atomic E-state index is 0.149. The van der Waals surface area contributed by atoms with Crippen molar-refractivity contribution in [2.45, 2.75) is 19.6 Å². The number of ether oxygens (including phenoxy) is 1. The van der Waals surface area contributed by atoms with Crippen molar-refractivity contribution in [1.29, 1.82) is 0 Å². The molecule has 2 aromatic rings. The third-order valence-corrected chi connectivity index (χ3v) is 2.56. The molecule has 2 rings (SSSR count). The van der Waals surface area contributed by atoms with Gasteiger partial charge in [0.25, 0.3) is 0 Å². The number of hydrogen-bond acceptors (Lipinski definition) is 3. The lowest BCUT2D eigenvalue weighted by atomic mass is 10.1. The SMILES string of the molecule is CCn1cnnc1C(OC)c1ccccc1. The molecule has 0 N–H and O–H groups in total. The summed E-state index contributed by atoms with van der Waals surface area (Å²) in [7, 11) is 1.69. The number of aryl methyl sites for hydroxylation is 1. The topological polar surface area (TPSA) is 39.9 Å². The summed E-state index contributed by atoms with van der Waals surface area (Å²) >= 11 is 0. The summed E-state index contributed by atoms with van der Waals surface area (Å²) < 4.78 is 7.49. The van der Waals surface area contributed by atoms with E-state index in [9.17, 15) is 0 Å². The second-order valence-electron chi connectivity index (χ2n) is 3.50. The third kappa shape index (κ3) is 1.97. The molecule has 4 nitrogen and oxygen atoms in total. The number of hydrogen-bond donors (Lipinski definition) is 0. The summed E-state index contributed by atoms with van der Waals surface area (Å²) in [5, 5.41) is 8.04. The molecule has 0 spiro atoms. The van der Waals surface area contributed by atoms with Crippen LogP contribution in [0.15, 0.2) is 36.7 Å². The standard InChI is InChI=1S/C12H15N3O/c1-3-15-9-13-14-12(15)11(16-2)10-7-5-4-6-8-10/h4-9,11H,3H2,1-2H3. The summed E-state index contributed by atoms with van der Waals surface area (Å²) in [5.74, 6) is 0.844. The first kappa shape index (κ1) is 10.8. The molecule has 0 bridgehead atoms. The average molecular weight is 217 g/mol. The average Bonchev–Trinajstić information content (AvgIpc) is 2.80. The van der Waals surface area contributed by atoms with Gasteiger partial charge < -0.3 is 9.30 Å². The van der Waals surface area contributed by atoms with Gasteiger partial charge in [-0.15, -0.1) is 10.2 Å². The van der Waals surface area contributed by atoms with Crippen LogP contribution in [-0.2, 0) is 11.3 Å². The molecule has 0 aliphatic rings. The number of methoxy groups -OCH3 is 1. The second kappa shape index (κ2) is 4.90. The lowest BCUT2D eigenvalue weighted by Crippen LogP contribution is -2.11. The van der Waals surface area contributed by atoms with Crippen LogP contribution in [0, 0.1) is 0 Å². The molecule has 1 heterocycles. The Morgan fingerprint density at radius 3 is 2.69 bits per heavy atom. The molecule has 4 heteroatoms. The summed E-state index contributed by atoms with van der Waals surface area (Å²) in [6.45, 7) is 2.90. The normalized spacial score (nSPS) is 12.6. The molecule has 1 unspecified atom stereocenters. The van der Waals surface area contributed by atoms with Gasteiger partial charge in [-0.3, -0.25) is 0 Å². The molecule has 0 aliphatic heterocycles. The minimum atomic E-state index is -0.149. The van der Waals surface area contributed by atoms with Gasteiger partial charge in [0.15, 0.2) is 5.82 Å². The Morgan fingerprint density at radius 2 is 2.06 bits per heavy atom. The molecular formula is C12H15N3O. The first-order valence-corrected chi connectivity index (χ1v) is 5.32. The van der Waals surface area contributed by atoms with E-state index >= 15 is 0 Å². The van der Waals surface area contributed by atoms with E-state index in [0.29, 0.717) is 0 Å². The van der Waals surface area contributed by atoms with Crippen LogP contribution in [0.3, 0.4) is 0 Å². The van der Waals surface area contributed by atoms with E-state index in [4.69, 9.17) is 4.74 Å². The fourth-order valence-electron chi connectivity index (χ4n) is 1.73. The molecule has 1 aromatic heterocycles. The third-order valence-electron chi connectivity index (χ3n) is 2.56. The van der Waals surface area contributed by atoms with Gasteiger partial charge in [0, 0.05) is 13.7 Å². The summed E-state index contributed by atoms with van der Waals surface area (Å²) in [4.78, 5) is 0. The van der Waals surface area contributed by atoms with Crippen LogP contribution < -0.4 is 0 Å². The van der Waals surface area contributed by atoms with Crippen molar-refractivity contribution >= 4 is 0 Å². The second-order valence-corrected chi connectivity index (χ2v) is 3.50. The molecule has 0 amide bonds. The monoisotopic (exact) mass is 217 g/mol. The Bertz CT molecular complexity index is 439. The van der Waals surface area contributed by atoms with Crippen molar-refractivity contribution in [2.75, 3.05) is 7.11 Å². The molecule has 0 radical (unpaired) electrons. The lowest BCUT2D eigenvalue weighted by molar-refractivity contribution is 0.125. The van der Waals surface area contributed by atoms with Gasteiger partial charge in [-0.2, -0.15) is 0 Å². The van der Waals surface area contributed by atoms with Crippen LogP contribution in [-0.4, -0.2) is 21.9 Å². The van der Waals surface area contributed by atoms with Gasteiger partial charge in [0.05, 0.1) is 0 Å². The fraction of sp³-hybridized carbons (Fsp3) is 0.333. The van der Waals surface area contributed by atoms with Gasteiger partial charge in [0.1, 0.15) is 12.4 Å². The first-order chi connectivity index (χ1) is 7.86. The largest absolute Gasteiger partial charge is 0.369 e. The molecule has 0 saturated carbocycles. The molecule has 1 atom stereocenters. The smallest absolute Gasteiger partial charge is 0.166 e. The molecule has 0 saturated heterocycles. The van der Waals surface area contributed by atoms with Gasteiger partial charge in [-0.25, -0.2) is 0 Å². The molecule has 0 fully saturated rings. The maximum Gasteiger partial charge on any atom is 0.166 e. The van der Waals surface area contributed by atoms with Crippen LogP contribution in [0.4, 0.5) is 0 Å². The predicted molar refractivity (Wildman–Crippen MR) is 61.0 cm³/mol. The zero-order chi connectivity index (χ0) is 11.4. The molecule has 0 aliphatic carbocycles. The number of rotatable bonds is 4. The molecule has 84 valence electrons. The predicted octanol–water partition coefficient (Wildman–Crippen LogP) is 2.03. The molecule has 1 aromatic carbocycles. The van der Waals surface area contributed by atoms with Crippen LogP contribution >= 0.6 is 0 Å². The quantitative estimate of drug-likeness (QED) is 0.786. The van der Waals surface area contributed by atoms with Gasteiger partial charge >= 0.3 is 0 Å². The highest BCUT2D eigenvalue weighted by Gasteiger charge is 2.18. The van der Waals surface area contributed by atoms with Crippen LogP contribution in [0.25, 0.3) is 0 Å². The van der Waals surface area contributed by atoms with E-state index < -0.39 is 0 Å². The highest BCUT2D eigenvalue weighted by atomic mass is 16.5. The van der Waals surface area contributed by atoms with Crippen molar-refractivity contribution in [2.24, 2.45) is 0 Å². The van der Waals surface area contributed by atoms with Gasteiger partial charge in [0.2, 0.25) is 0 Å². The lowest BCUT2D eigenvalue weighted by Gasteiger charge is -2.15. The fourth-order valence-corrected chi connectivity index (χ4v) is 1.73. The molecule has 16 heavy (non-hydrogen) atoms. The Hall–Kier alpha value is -1.68. The van der Waals surface area contributed by atoms with E-state index in [-0.39, 0.29) is 6.10 Å². The first-order valence-electron chi connectivity index (χ1n) is 5.32. The summed E-state index contributed by atoms with van der Waals surface area (Å²) in [5.41, 5.74) is 1.09. The highest BCUT2D eigenvalue weighted by molar-refractivity contribution is 5.22. The number of benzene rings is 1. The zero-order valence-electron chi connectivity index (χ0n) is 9.50. The van der Waals surface area contributed by atoms with Crippen molar-refractivity contribution in [1.82, 2.24) is 14.8 Å². The molecular weight excluding hydrogens is 202 g/mol. The van der Waals surface area contributed by atoms with Crippen LogP contribution in [0.2, 0.25) is 0 Å². The number of aromatic nitrogens is 3. The van der Waals surface area contributed by atoms with Crippen molar-refractivity contribution < 1.29 is 4.74 Å². The summed E-state index contributed by atoms with van der Waals surface area (Å²) in [6, 6.07) is 10.0. The Morgan fingerprint density at radius 1 is 1.31 bits per heavy atom.